The molecule has 2 aromatic rings. The highest BCUT2D eigenvalue weighted by atomic mass is 16.5. The van der Waals surface area contributed by atoms with Gasteiger partial charge in [0.25, 0.3) is 0 Å². The third-order valence-corrected chi connectivity index (χ3v) is 6.23. The number of esters is 1. The van der Waals surface area contributed by atoms with Crippen molar-refractivity contribution in [3.05, 3.63) is 54.4 Å². The van der Waals surface area contributed by atoms with Crippen molar-refractivity contribution in [2.24, 2.45) is 0 Å². The van der Waals surface area contributed by atoms with Crippen molar-refractivity contribution >= 4 is 11.9 Å². The molecule has 0 N–H and O–H groups in total. The summed E-state index contributed by atoms with van der Waals surface area (Å²) in [5.74, 6) is 0.704. The number of piperidine rings is 1. The Morgan fingerprint density at radius 2 is 1.61 bits per heavy atom. The number of rotatable bonds is 8. The molecule has 0 radical (unpaired) electrons. The molecule has 4 rings (SSSR count). The van der Waals surface area contributed by atoms with Crippen LogP contribution in [0.2, 0.25) is 0 Å². The van der Waals surface area contributed by atoms with Crippen LogP contribution in [-0.2, 0) is 16.1 Å². The van der Waals surface area contributed by atoms with Gasteiger partial charge in [-0.2, -0.15) is 0 Å². The fraction of sp³-hybridized carbons (Fsp3) is 0.542. The maximum absolute atomic E-state index is 12.7. The lowest BCUT2D eigenvalue weighted by atomic mass is 10.1. The van der Waals surface area contributed by atoms with E-state index in [2.05, 4.69) is 24.7 Å². The maximum Gasteiger partial charge on any atom is 0.307 e. The van der Waals surface area contributed by atoms with Crippen LogP contribution in [0.3, 0.4) is 0 Å². The molecular formula is C24H33N5O2. The van der Waals surface area contributed by atoms with Gasteiger partial charge in [0.05, 0.1) is 6.42 Å². The first-order chi connectivity index (χ1) is 15.3. The first-order valence-electron chi connectivity index (χ1n) is 11.5. The molecule has 2 aliphatic rings. The van der Waals surface area contributed by atoms with Crippen LogP contribution in [0.1, 0.15) is 31.2 Å². The number of carbonyl (C=O) groups is 1. The molecule has 1 unspecified atom stereocenters. The summed E-state index contributed by atoms with van der Waals surface area (Å²) < 4.78 is 5.60. The second-order valence-corrected chi connectivity index (χ2v) is 8.44. The molecule has 0 spiro atoms. The molecule has 166 valence electrons. The van der Waals surface area contributed by atoms with Gasteiger partial charge in [-0.3, -0.25) is 14.6 Å². The molecule has 2 fully saturated rings. The second-order valence-electron chi connectivity index (χ2n) is 8.44. The maximum atomic E-state index is 12.7. The van der Waals surface area contributed by atoms with Gasteiger partial charge in [-0.25, -0.2) is 9.97 Å². The molecule has 31 heavy (non-hydrogen) atoms. The standard InChI is InChI=1S/C24H33N5O2/c30-23(31-20-21-8-3-1-4-9-21)18-22(28-12-5-2-6-13-28)19-27-14-16-29(17-15-27)24-25-10-7-11-26-24/h1,3-4,7-11,22H,2,5-6,12-20H2. The molecule has 1 aromatic heterocycles. The summed E-state index contributed by atoms with van der Waals surface area (Å²) in [5, 5.41) is 0. The number of carbonyl (C=O) groups excluding carboxylic acids is 1. The highest BCUT2D eigenvalue weighted by Gasteiger charge is 2.28. The Morgan fingerprint density at radius 3 is 2.32 bits per heavy atom. The third-order valence-electron chi connectivity index (χ3n) is 6.23. The van der Waals surface area contributed by atoms with Crippen molar-refractivity contribution in [2.75, 3.05) is 50.7 Å². The number of ether oxygens (including phenoxy) is 1. The Kier molecular flexibility index (Phi) is 7.85. The van der Waals surface area contributed by atoms with Gasteiger partial charge < -0.3 is 9.64 Å². The van der Waals surface area contributed by atoms with Crippen molar-refractivity contribution < 1.29 is 9.53 Å². The Bertz CT molecular complexity index is 790. The molecule has 3 heterocycles. The van der Waals surface area contributed by atoms with E-state index in [1.54, 1.807) is 12.4 Å². The van der Waals surface area contributed by atoms with Gasteiger partial charge in [0.2, 0.25) is 5.95 Å². The van der Waals surface area contributed by atoms with Gasteiger partial charge in [-0.05, 0) is 37.6 Å². The van der Waals surface area contributed by atoms with Crippen molar-refractivity contribution in [3.63, 3.8) is 0 Å². The Balaban J connectivity index is 1.30. The van der Waals surface area contributed by atoms with Crippen LogP contribution in [0.25, 0.3) is 0 Å². The lowest BCUT2D eigenvalue weighted by molar-refractivity contribution is -0.146. The molecule has 0 aliphatic carbocycles. The van der Waals surface area contributed by atoms with Crippen molar-refractivity contribution in [1.29, 1.82) is 0 Å². The van der Waals surface area contributed by atoms with Gasteiger partial charge in [0.1, 0.15) is 6.61 Å². The molecule has 0 saturated carbocycles. The predicted molar refractivity (Wildman–Crippen MR) is 121 cm³/mol. The average molecular weight is 424 g/mol. The van der Waals surface area contributed by atoms with E-state index in [0.717, 1.165) is 57.3 Å². The molecule has 2 aliphatic heterocycles. The van der Waals surface area contributed by atoms with E-state index in [1.807, 2.05) is 36.4 Å². The third kappa shape index (κ3) is 6.48. The van der Waals surface area contributed by atoms with E-state index in [9.17, 15) is 4.79 Å². The Labute approximate surface area is 185 Å². The number of piperazine rings is 1. The van der Waals surface area contributed by atoms with Crippen LogP contribution in [0, 0.1) is 0 Å². The fourth-order valence-corrected chi connectivity index (χ4v) is 4.47. The van der Waals surface area contributed by atoms with Gasteiger partial charge in [0, 0.05) is 51.2 Å². The minimum absolute atomic E-state index is 0.101. The Hall–Kier alpha value is -2.51. The van der Waals surface area contributed by atoms with Crippen LogP contribution >= 0.6 is 0 Å². The zero-order valence-corrected chi connectivity index (χ0v) is 18.2. The zero-order valence-electron chi connectivity index (χ0n) is 18.2. The first kappa shape index (κ1) is 21.7. The van der Waals surface area contributed by atoms with Gasteiger partial charge in [0.15, 0.2) is 0 Å². The summed E-state index contributed by atoms with van der Waals surface area (Å²) in [6.45, 7) is 7.16. The fourth-order valence-electron chi connectivity index (χ4n) is 4.47. The van der Waals surface area contributed by atoms with E-state index in [0.29, 0.717) is 13.0 Å². The average Bonchev–Trinajstić information content (AvgIpc) is 2.84. The number of likely N-dealkylation sites (tertiary alicyclic amines) is 1. The molecule has 7 nitrogen and oxygen atoms in total. The summed E-state index contributed by atoms with van der Waals surface area (Å²) in [7, 11) is 0. The normalized spacial score (nSPS) is 19.2. The largest absolute Gasteiger partial charge is 0.461 e. The molecule has 1 atom stereocenters. The highest BCUT2D eigenvalue weighted by molar-refractivity contribution is 5.70. The highest BCUT2D eigenvalue weighted by Crippen LogP contribution is 2.18. The van der Waals surface area contributed by atoms with Crippen LogP contribution < -0.4 is 4.90 Å². The number of nitrogens with zero attached hydrogens (tertiary/aromatic N) is 5. The van der Waals surface area contributed by atoms with Gasteiger partial charge in [-0.15, -0.1) is 0 Å². The lowest BCUT2D eigenvalue weighted by Gasteiger charge is -2.40. The Morgan fingerprint density at radius 1 is 0.903 bits per heavy atom. The van der Waals surface area contributed by atoms with Crippen LogP contribution in [0.4, 0.5) is 5.95 Å². The lowest BCUT2D eigenvalue weighted by Crippen LogP contribution is -2.53. The number of hydrogen-bond acceptors (Lipinski definition) is 7. The number of benzene rings is 1. The predicted octanol–water partition coefficient (Wildman–Crippen LogP) is 2.59. The van der Waals surface area contributed by atoms with E-state index in [-0.39, 0.29) is 12.0 Å². The smallest absolute Gasteiger partial charge is 0.307 e. The van der Waals surface area contributed by atoms with Crippen molar-refractivity contribution in [3.8, 4) is 0 Å². The quantitative estimate of drug-likeness (QED) is 0.605. The number of anilines is 1. The van der Waals surface area contributed by atoms with Gasteiger partial charge in [-0.1, -0.05) is 36.8 Å². The topological polar surface area (TPSA) is 61.8 Å². The van der Waals surface area contributed by atoms with E-state index >= 15 is 0 Å². The summed E-state index contributed by atoms with van der Waals surface area (Å²) in [6.07, 6.45) is 7.76. The SMILES string of the molecule is O=C(CC(CN1CCN(c2ncccn2)CC1)N1CCCCC1)OCc1ccccc1. The molecule has 0 amide bonds. The molecule has 1 aromatic carbocycles. The second kappa shape index (κ2) is 11.2. The zero-order chi connectivity index (χ0) is 21.3. The number of aromatic nitrogens is 2. The summed E-state index contributed by atoms with van der Waals surface area (Å²) >= 11 is 0. The van der Waals surface area contributed by atoms with E-state index in [1.165, 1.54) is 19.3 Å². The molecule has 7 heteroatoms. The molecule has 0 bridgehead atoms. The summed E-state index contributed by atoms with van der Waals surface area (Å²) in [6, 6.07) is 12.0. The minimum Gasteiger partial charge on any atom is -0.461 e. The van der Waals surface area contributed by atoms with Crippen LogP contribution in [-0.4, -0.2) is 77.6 Å². The molecule has 2 saturated heterocycles. The summed E-state index contributed by atoms with van der Waals surface area (Å²) in [4.78, 5) is 28.6. The number of hydrogen-bond donors (Lipinski definition) is 0. The van der Waals surface area contributed by atoms with Crippen LogP contribution in [0.5, 0.6) is 0 Å². The van der Waals surface area contributed by atoms with Crippen LogP contribution in [0.15, 0.2) is 48.8 Å². The summed E-state index contributed by atoms with van der Waals surface area (Å²) in [5.41, 5.74) is 1.03. The first-order valence-corrected chi connectivity index (χ1v) is 11.5. The monoisotopic (exact) mass is 423 g/mol. The molecular weight excluding hydrogens is 390 g/mol. The van der Waals surface area contributed by atoms with E-state index < -0.39 is 0 Å². The van der Waals surface area contributed by atoms with Gasteiger partial charge >= 0.3 is 5.97 Å². The van der Waals surface area contributed by atoms with Crippen molar-refractivity contribution in [2.45, 2.75) is 38.3 Å². The van der Waals surface area contributed by atoms with Crippen molar-refractivity contribution in [1.82, 2.24) is 19.8 Å². The minimum atomic E-state index is -0.101. The van der Waals surface area contributed by atoms with E-state index in [4.69, 9.17) is 4.74 Å².